The molecule has 2 amide bonds. The van der Waals surface area contributed by atoms with Crippen LogP contribution in [0.25, 0.3) is 6.08 Å². The highest BCUT2D eigenvalue weighted by atomic mass is 32.2. The Hall–Kier alpha value is -2.33. The van der Waals surface area contributed by atoms with Gasteiger partial charge in [-0.3, -0.25) is 14.5 Å². The van der Waals surface area contributed by atoms with Gasteiger partial charge in [0.15, 0.2) is 0 Å². The van der Waals surface area contributed by atoms with E-state index in [2.05, 4.69) is 31.2 Å². The summed E-state index contributed by atoms with van der Waals surface area (Å²) in [5.74, 6) is -0.178. The van der Waals surface area contributed by atoms with E-state index in [-0.39, 0.29) is 11.1 Å². The summed E-state index contributed by atoms with van der Waals surface area (Å²) in [6.07, 6.45) is 4.43. The molecule has 0 radical (unpaired) electrons. The monoisotopic (exact) mass is 351 g/mol. The lowest BCUT2D eigenvalue weighted by Gasteiger charge is -2.12. The number of carbonyl (C=O) groups excluding carboxylic acids is 2. The van der Waals surface area contributed by atoms with E-state index in [1.165, 1.54) is 16.0 Å². The summed E-state index contributed by atoms with van der Waals surface area (Å²) in [4.78, 5) is 26.5. The molecule has 3 rings (SSSR count). The van der Waals surface area contributed by atoms with Gasteiger partial charge in [-0.1, -0.05) is 61.5 Å². The first-order chi connectivity index (χ1) is 12.2. The molecule has 1 saturated heterocycles. The molecule has 0 spiro atoms. The number of amides is 2. The van der Waals surface area contributed by atoms with Crippen molar-refractivity contribution >= 4 is 29.0 Å². The minimum Gasteiger partial charge on any atom is -0.268 e. The third-order valence-electron chi connectivity index (χ3n) is 4.25. The Morgan fingerprint density at radius 2 is 1.68 bits per heavy atom. The molecule has 128 valence electrons. The highest BCUT2D eigenvalue weighted by molar-refractivity contribution is 8.18. The van der Waals surface area contributed by atoms with E-state index in [0.29, 0.717) is 11.4 Å². The molecule has 1 heterocycles. The van der Waals surface area contributed by atoms with Gasteiger partial charge in [0, 0.05) is 6.54 Å². The van der Waals surface area contributed by atoms with Crippen LogP contribution in [0.1, 0.15) is 30.0 Å². The summed E-state index contributed by atoms with van der Waals surface area (Å²) < 4.78 is 0. The van der Waals surface area contributed by atoms with Crippen LogP contribution < -0.4 is 0 Å². The lowest BCUT2D eigenvalue weighted by atomic mass is 10.1. The average molecular weight is 351 g/mol. The minimum atomic E-state index is -0.178. The zero-order valence-electron chi connectivity index (χ0n) is 14.3. The van der Waals surface area contributed by atoms with Crippen molar-refractivity contribution in [2.45, 2.75) is 26.2 Å². The molecule has 0 bridgehead atoms. The number of nitrogens with zero attached hydrogens (tertiary/aromatic N) is 1. The van der Waals surface area contributed by atoms with Crippen LogP contribution in [0.2, 0.25) is 0 Å². The number of rotatable bonds is 6. The van der Waals surface area contributed by atoms with E-state index in [0.717, 1.165) is 36.6 Å². The molecule has 2 aromatic carbocycles. The zero-order valence-corrected chi connectivity index (χ0v) is 15.1. The van der Waals surface area contributed by atoms with E-state index in [9.17, 15) is 9.59 Å². The van der Waals surface area contributed by atoms with Crippen molar-refractivity contribution in [3.05, 3.63) is 76.2 Å². The molecule has 1 aliphatic heterocycles. The fourth-order valence-electron chi connectivity index (χ4n) is 2.78. The quantitative estimate of drug-likeness (QED) is 0.693. The second-order valence-electron chi connectivity index (χ2n) is 6.02. The molecule has 0 aromatic heterocycles. The topological polar surface area (TPSA) is 37.4 Å². The molecule has 2 aromatic rings. The van der Waals surface area contributed by atoms with Gasteiger partial charge in [0.25, 0.3) is 11.1 Å². The Kier molecular flexibility index (Phi) is 5.71. The summed E-state index contributed by atoms with van der Waals surface area (Å²) in [7, 11) is 0. The number of imide groups is 1. The second kappa shape index (κ2) is 8.17. The van der Waals surface area contributed by atoms with Crippen LogP contribution >= 0.6 is 11.8 Å². The maximum atomic E-state index is 12.5. The molecule has 0 unspecified atom stereocenters. The summed E-state index contributed by atoms with van der Waals surface area (Å²) in [6, 6.07) is 18.2. The van der Waals surface area contributed by atoms with E-state index in [1.807, 2.05) is 36.4 Å². The van der Waals surface area contributed by atoms with Crippen LogP contribution in [0.15, 0.2) is 59.5 Å². The van der Waals surface area contributed by atoms with Gasteiger partial charge in [-0.2, -0.15) is 0 Å². The second-order valence-corrected chi connectivity index (χ2v) is 7.01. The molecule has 25 heavy (non-hydrogen) atoms. The van der Waals surface area contributed by atoms with Gasteiger partial charge in [0.05, 0.1) is 4.91 Å². The van der Waals surface area contributed by atoms with Crippen LogP contribution in [0.3, 0.4) is 0 Å². The molecule has 0 N–H and O–H groups in total. The van der Waals surface area contributed by atoms with Crippen molar-refractivity contribution in [2.24, 2.45) is 0 Å². The first-order valence-corrected chi connectivity index (χ1v) is 9.37. The van der Waals surface area contributed by atoms with Gasteiger partial charge in [0.1, 0.15) is 0 Å². The van der Waals surface area contributed by atoms with Gasteiger partial charge in [-0.15, -0.1) is 0 Å². The standard InChI is InChI=1S/C21H21NO2S/c1-2-16-10-12-18(13-11-16)15-19-20(23)22(21(24)25-19)14-6-9-17-7-4-3-5-8-17/h3-5,7-8,10-13,15H,2,6,9,14H2,1H3/b19-15+. The number of benzene rings is 2. The Morgan fingerprint density at radius 1 is 0.960 bits per heavy atom. The van der Waals surface area contributed by atoms with Crippen LogP contribution in [0.4, 0.5) is 4.79 Å². The van der Waals surface area contributed by atoms with Crippen molar-refractivity contribution < 1.29 is 9.59 Å². The van der Waals surface area contributed by atoms with Crippen LogP contribution in [0.5, 0.6) is 0 Å². The summed E-state index contributed by atoms with van der Waals surface area (Å²) in [5, 5.41) is -0.172. The van der Waals surface area contributed by atoms with Crippen molar-refractivity contribution in [1.82, 2.24) is 4.90 Å². The van der Waals surface area contributed by atoms with E-state index in [4.69, 9.17) is 0 Å². The SMILES string of the molecule is CCc1ccc(/C=C2/SC(=O)N(CCCc3ccccc3)C2=O)cc1. The van der Waals surface area contributed by atoms with Crippen molar-refractivity contribution in [3.63, 3.8) is 0 Å². The summed E-state index contributed by atoms with van der Waals surface area (Å²) >= 11 is 1.03. The number of hydrogen-bond acceptors (Lipinski definition) is 3. The third-order valence-corrected chi connectivity index (χ3v) is 5.16. The minimum absolute atomic E-state index is 0.172. The molecule has 0 atom stereocenters. The maximum Gasteiger partial charge on any atom is 0.293 e. The highest BCUT2D eigenvalue weighted by Gasteiger charge is 2.34. The molecular formula is C21H21NO2S. The van der Waals surface area contributed by atoms with Crippen LogP contribution in [-0.2, 0) is 17.6 Å². The van der Waals surface area contributed by atoms with E-state index < -0.39 is 0 Å². The number of hydrogen-bond donors (Lipinski definition) is 0. The Labute approximate surface area is 152 Å². The van der Waals surface area contributed by atoms with Gasteiger partial charge in [0.2, 0.25) is 0 Å². The molecule has 1 fully saturated rings. The zero-order chi connectivity index (χ0) is 17.6. The molecule has 4 heteroatoms. The number of carbonyl (C=O) groups is 2. The Bertz CT molecular complexity index is 781. The third kappa shape index (κ3) is 4.40. The normalized spacial score (nSPS) is 16.0. The van der Waals surface area contributed by atoms with Crippen molar-refractivity contribution in [3.8, 4) is 0 Å². The van der Waals surface area contributed by atoms with Crippen LogP contribution in [0, 0.1) is 0 Å². The molecule has 1 aliphatic rings. The summed E-state index contributed by atoms with van der Waals surface area (Å²) in [6.45, 7) is 2.57. The fraction of sp³-hybridized carbons (Fsp3) is 0.238. The molecule has 0 aliphatic carbocycles. The van der Waals surface area contributed by atoms with Crippen LogP contribution in [-0.4, -0.2) is 22.6 Å². The van der Waals surface area contributed by atoms with Gasteiger partial charge >= 0.3 is 0 Å². The highest BCUT2D eigenvalue weighted by Crippen LogP contribution is 2.32. The summed E-state index contributed by atoms with van der Waals surface area (Å²) in [5.41, 5.74) is 3.43. The average Bonchev–Trinajstić information content (AvgIpc) is 2.90. The first-order valence-electron chi connectivity index (χ1n) is 8.55. The lowest BCUT2D eigenvalue weighted by Crippen LogP contribution is -2.29. The predicted octanol–water partition coefficient (Wildman–Crippen LogP) is 4.92. The van der Waals surface area contributed by atoms with Gasteiger partial charge in [-0.25, -0.2) is 0 Å². The number of thioether (sulfide) groups is 1. The predicted molar refractivity (Wildman–Crippen MR) is 103 cm³/mol. The fourth-order valence-corrected chi connectivity index (χ4v) is 3.64. The first kappa shape index (κ1) is 17.5. The molecule has 0 saturated carbocycles. The van der Waals surface area contributed by atoms with E-state index >= 15 is 0 Å². The lowest BCUT2D eigenvalue weighted by molar-refractivity contribution is -0.122. The van der Waals surface area contributed by atoms with Crippen molar-refractivity contribution in [2.75, 3.05) is 6.54 Å². The van der Waals surface area contributed by atoms with Crippen molar-refractivity contribution in [1.29, 1.82) is 0 Å². The largest absolute Gasteiger partial charge is 0.293 e. The maximum absolute atomic E-state index is 12.5. The Balaban J connectivity index is 1.62. The molecule has 3 nitrogen and oxygen atoms in total. The van der Waals surface area contributed by atoms with Gasteiger partial charge < -0.3 is 0 Å². The molecular weight excluding hydrogens is 330 g/mol. The Morgan fingerprint density at radius 3 is 2.36 bits per heavy atom. The number of aryl methyl sites for hydroxylation is 2. The smallest absolute Gasteiger partial charge is 0.268 e. The van der Waals surface area contributed by atoms with Gasteiger partial charge in [-0.05, 0) is 53.8 Å². The van der Waals surface area contributed by atoms with E-state index in [1.54, 1.807) is 0 Å².